The lowest BCUT2D eigenvalue weighted by Crippen LogP contribution is -2.12. The smallest absolute Gasteiger partial charge is 0.267 e. The Balaban J connectivity index is 1.53. The Bertz CT molecular complexity index is 925. The minimum atomic E-state index is -0.607. The van der Waals surface area contributed by atoms with Crippen molar-refractivity contribution in [2.45, 2.75) is 12.8 Å². The number of hydrogen-bond donors (Lipinski definition) is 2. The van der Waals surface area contributed by atoms with E-state index in [1.165, 1.54) is 12.3 Å². The number of hydrogen-bond acceptors (Lipinski definition) is 4. The second-order valence-electron chi connectivity index (χ2n) is 5.90. The predicted octanol–water partition coefficient (Wildman–Crippen LogP) is 3.54. The van der Waals surface area contributed by atoms with E-state index in [0.717, 1.165) is 11.3 Å². The van der Waals surface area contributed by atoms with Gasteiger partial charge in [0.2, 0.25) is 5.91 Å². The summed E-state index contributed by atoms with van der Waals surface area (Å²) >= 11 is 0. The highest BCUT2D eigenvalue weighted by Crippen LogP contribution is 2.22. The number of nitrogens with two attached hydrogens (primary N) is 1. The number of primary amides is 1. The number of nitrogens with zero attached hydrogens (tertiary/aromatic N) is 1. The number of anilines is 1. The molecule has 0 spiro atoms. The number of para-hydroxylation sites is 1. The van der Waals surface area contributed by atoms with Crippen LogP contribution in [-0.2, 0) is 11.2 Å². The molecule has 2 amide bonds. The highest BCUT2D eigenvalue weighted by Gasteiger charge is 2.06. The van der Waals surface area contributed by atoms with Crippen LogP contribution in [0.4, 0.5) is 5.69 Å². The lowest BCUT2D eigenvalue weighted by atomic mass is 10.1. The van der Waals surface area contributed by atoms with Crippen molar-refractivity contribution in [1.29, 1.82) is 0 Å². The molecule has 1 heterocycles. The Morgan fingerprint density at radius 2 is 1.70 bits per heavy atom. The summed E-state index contributed by atoms with van der Waals surface area (Å²) in [6.07, 6.45) is 2.48. The van der Waals surface area contributed by atoms with Crippen LogP contribution in [0.2, 0.25) is 0 Å². The van der Waals surface area contributed by atoms with Gasteiger partial charge in [0.25, 0.3) is 5.91 Å². The maximum atomic E-state index is 12.0. The summed E-state index contributed by atoms with van der Waals surface area (Å²) in [5.41, 5.74) is 7.18. The van der Waals surface area contributed by atoms with E-state index >= 15 is 0 Å². The number of benzene rings is 2. The first-order valence-electron chi connectivity index (χ1n) is 8.48. The lowest BCUT2D eigenvalue weighted by Gasteiger charge is -2.08. The molecular formula is C21H19N3O3. The van der Waals surface area contributed by atoms with Crippen LogP contribution < -0.4 is 15.8 Å². The molecule has 0 aliphatic rings. The predicted molar refractivity (Wildman–Crippen MR) is 103 cm³/mol. The number of aryl methyl sites for hydroxylation is 1. The van der Waals surface area contributed by atoms with E-state index in [-0.39, 0.29) is 11.6 Å². The van der Waals surface area contributed by atoms with Crippen LogP contribution in [0.25, 0.3) is 0 Å². The maximum absolute atomic E-state index is 12.0. The Morgan fingerprint density at radius 3 is 2.41 bits per heavy atom. The van der Waals surface area contributed by atoms with Crippen LogP contribution in [0.3, 0.4) is 0 Å². The third-order valence-corrected chi connectivity index (χ3v) is 3.84. The van der Waals surface area contributed by atoms with E-state index in [0.29, 0.717) is 24.3 Å². The van der Waals surface area contributed by atoms with Crippen molar-refractivity contribution in [3.05, 3.63) is 84.2 Å². The molecule has 0 bridgehead atoms. The van der Waals surface area contributed by atoms with E-state index in [1.54, 1.807) is 6.07 Å². The monoisotopic (exact) mass is 361 g/mol. The summed E-state index contributed by atoms with van der Waals surface area (Å²) in [5, 5.41) is 2.86. The van der Waals surface area contributed by atoms with Crippen LogP contribution in [0.1, 0.15) is 22.5 Å². The molecule has 1 aromatic heterocycles. The number of aromatic nitrogens is 1. The van der Waals surface area contributed by atoms with Crippen molar-refractivity contribution in [2.75, 3.05) is 5.32 Å². The van der Waals surface area contributed by atoms with Gasteiger partial charge in [-0.1, -0.05) is 30.3 Å². The zero-order chi connectivity index (χ0) is 19.1. The topological polar surface area (TPSA) is 94.3 Å². The standard InChI is InChI=1S/C21H19N3O3/c22-21(26)19-14-18(12-13-23-19)27-17-9-6-15(7-10-17)8-11-20(25)24-16-4-2-1-3-5-16/h1-7,9-10,12-14H,8,11H2,(H2,22,26)(H,24,25). The molecule has 0 saturated carbocycles. The molecule has 0 fully saturated rings. The van der Waals surface area contributed by atoms with Crippen LogP contribution >= 0.6 is 0 Å². The molecule has 0 radical (unpaired) electrons. The lowest BCUT2D eigenvalue weighted by molar-refractivity contribution is -0.116. The van der Waals surface area contributed by atoms with E-state index < -0.39 is 5.91 Å². The molecule has 3 aromatic rings. The van der Waals surface area contributed by atoms with Crippen molar-refractivity contribution >= 4 is 17.5 Å². The first-order valence-corrected chi connectivity index (χ1v) is 8.48. The zero-order valence-electron chi connectivity index (χ0n) is 14.6. The molecule has 3 N–H and O–H groups in total. The van der Waals surface area contributed by atoms with Gasteiger partial charge < -0.3 is 15.8 Å². The number of rotatable bonds is 7. The number of carbonyl (C=O) groups excluding carboxylic acids is 2. The van der Waals surface area contributed by atoms with Gasteiger partial charge in [0, 0.05) is 24.4 Å². The number of carbonyl (C=O) groups is 2. The minimum absolute atomic E-state index is 0.0303. The van der Waals surface area contributed by atoms with Gasteiger partial charge in [-0.2, -0.15) is 0 Å². The first-order chi connectivity index (χ1) is 13.1. The van der Waals surface area contributed by atoms with Gasteiger partial charge in [0.15, 0.2) is 0 Å². The quantitative estimate of drug-likeness (QED) is 0.673. The Kier molecular flexibility index (Phi) is 5.79. The van der Waals surface area contributed by atoms with Gasteiger partial charge in [-0.15, -0.1) is 0 Å². The van der Waals surface area contributed by atoms with Crippen LogP contribution in [0.5, 0.6) is 11.5 Å². The van der Waals surface area contributed by atoms with Crippen LogP contribution in [0.15, 0.2) is 72.9 Å². The number of ether oxygens (including phenoxy) is 1. The fraction of sp³-hybridized carbons (Fsp3) is 0.0952. The summed E-state index contributed by atoms with van der Waals surface area (Å²) < 4.78 is 5.70. The van der Waals surface area contributed by atoms with E-state index in [2.05, 4.69) is 10.3 Å². The summed E-state index contributed by atoms with van der Waals surface area (Å²) in [4.78, 5) is 27.0. The molecular weight excluding hydrogens is 342 g/mol. The van der Waals surface area contributed by atoms with E-state index in [9.17, 15) is 9.59 Å². The average molecular weight is 361 g/mol. The molecule has 0 aliphatic heterocycles. The fourth-order valence-corrected chi connectivity index (χ4v) is 2.47. The van der Waals surface area contributed by atoms with Gasteiger partial charge in [0.1, 0.15) is 17.2 Å². The molecule has 27 heavy (non-hydrogen) atoms. The molecule has 6 nitrogen and oxygen atoms in total. The molecule has 0 saturated heterocycles. The van der Waals surface area contributed by atoms with Gasteiger partial charge >= 0.3 is 0 Å². The largest absolute Gasteiger partial charge is 0.457 e. The summed E-state index contributed by atoms with van der Waals surface area (Å²) in [5.74, 6) is 0.463. The molecule has 0 atom stereocenters. The number of pyridine rings is 1. The van der Waals surface area contributed by atoms with Gasteiger partial charge in [-0.3, -0.25) is 14.6 Å². The fourth-order valence-electron chi connectivity index (χ4n) is 2.47. The van der Waals surface area contributed by atoms with Crippen molar-refractivity contribution < 1.29 is 14.3 Å². The highest BCUT2D eigenvalue weighted by molar-refractivity contribution is 5.91. The Morgan fingerprint density at radius 1 is 0.963 bits per heavy atom. The summed E-state index contributed by atoms with van der Waals surface area (Å²) in [7, 11) is 0. The van der Waals surface area contributed by atoms with Gasteiger partial charge in [-0.25, -0.2) is 0 Å². The SMILES string of the molecule is NC(=O)c1cc(Oc2ccc(CCC(=O)Nc3ccccc3)cc2)ccn1. The third-order valence-electron chi connectivity index (χ3n) is 3.84. The summed E-state index contributed by atoms with van der Waals surface area (Å²) in [6, 6.07) is 19.9. The van der Waals surface area contributed by atoms with Crippen LogP contribution in [-0.4, -0.2) is 16.8 Å². The third kappa shape index (κ3) is 5.40. The molecule has 3 rings (SSSR count). The van der Waals surface area contributed by atoms with E-state index in [1.807, 2.05) is 54.6 Å². The van der Waals surface area contributed by atoms with Crippen molar-refractivity contribution in [3.63, 3.8) is 0 Å². The molecule has 136 valence electrons. The normalized spacial score (nSPS) is 10.2. The van der Waals surface area contributed by atoms with Crippen molar-refractivity contribution in [3.8, 4) is 11.5 Å². The first kappa shape index (κ1) is 18.1. The molecule has 0 unspecified atom stereocenters. The Labute approximate surface area is 157 Å². The number of amides is 2. The van der Waals surface area contributed by atoms with Crippen LogP contribution in [0, 0.1) is 0 Å². The average Bonchev–Trinajstić information content (AvgIpc) is 2.68. The zero-order valence-corrected chi connectivity index (χ0v) is 14.6. The van der Waals surface area contributed by atoms with Crippen molar-refractivity contribution in [2.24, 2.45) is 5.73 Å². The molecule has 2 aromatic carbocycles. The minimum Gasteiger partial charge on any atom is -0.457 e. The summed E-state index contributed by atoms with van der Waals surface area (Å²) in [6.45, 7) is 0. The van der Waals surface area contributed by atoms with E-state index in [4.69, 9.17) is 10.5 Å². The second kappa shape index (κ2) is 8.62. The second-order valence-corrected chi connectivity index (χ2v) is 5.90. The molecule has 6 heteroatoms. The van der Waals surface area contributed by atoms with Gasteiger partial charge in [0.05, 0.1) is 0 Å². The van der Waals surface area contributed by atoms with Crippen molar-refractivity contribution in [1.82, 2.24) is 4.98 Å². The Hall–Kier alpha value is -3.67. The molecule has 0 aliphatic carbocycles. The number of nitrogens with one attached hydrogen (secondary N) is 1. The highest BCUT2D eigenvalue weighted by atomic mass is 16.5. The maximum Gasteiger partial charge on any atom is 0.267 e. The van der Waals surface area contributed by atoms with Gasteiger partial charge in [-0.05, 0) is 42.3 Å².